The summed E-state index contributed by atoms with van der Waals surface area (Å²) in [4.78, 5) is 24.4. The van der Waals surface area contributed by atoms with Gasteiger partial charge in [-0.1, -0.05) is 6.92 Å². The van der Waals surface area contributed by atoms with Crippen LogP contribution in [0.15, 0.2) is 12.4 Å². The first kappa shape index (κ1) is 14.3. The van der Waals surface area contributed by atoms with Gasteiger partial charge < -0.3 is 9.47 Å². The number of thiazole rings is 1. The van der Waals surface area contributed by atoms with Gasteiger partial charge in [0.2, 0.25) is 0 Å². The number of aromatic nitrogens is 3. The van der Waals surface area contributed by atoms with E-state index in [9.17, 15) is 4.79 Å². The summed E-state index contributed by atoms with van der Waals surface area (Å²) in [5.41, 5.74) is 0.854. The van der Waals surface area contributed by atoms with Gasteiger partial charge in [-0.25, -0.2) is 9.97 Å². The third-order valence-corrected chi connectivity index (χ3v) is 5.11. The molecule has 0 aromatic carbocycles. The Balaban J connectivity index is 1.85. The van der Waals surface area contributed by atoms with Crippen molar-refractivity contribution in [1.29, 1.82) is 0 Å². The summed E-state index contributed by atoms with van der Waals surface area (Å²) in [5.74, 6) is 1.03. The van der Waals surface area contributed by atoms with Crippen LogP contribution in [-0.4, -0.2) is 31.4 Å². The molecule has 2 heterocycles. The van der Waals surface area contributed by atoms with E-state index in [1.54, 1.807) is 6.20 Å². The summed E-state index contributed by atoms with van der Waals surface area (Å²) in [6.07, 6.45) is 6.75. The van der Waals surface area contributed by atoms with Gasteiger partial charge in [-0.05, 0) is 26.2 Å². The Morgan fingerprint density at radius 1 is 1.52 bits per heavy atom. The van der Waals surface area contributed by atoms with Crippen molar-refractivity contribution in [3.8, 4) is 0 Å². The molecule has 0 atom stereocenters. The lowest BCUT2D eigenvalue weighted by molar-refractivity contribution is 0.0728. The van der Waals surface area contributed by atoms with E-state index in [0.717, 1.165) is 40.7 Å². The van der Waals surface area contributed by atoms with E-state index in [1.165, 1.54) is 11.3 Å². The van der Waals surface area contributed by atoms with Crippen LogP contribution >= 0.6 is 11.3 Å². The Kier molecular flexibility index (Phi) is 3.80. The Morgan fingerprint density at radius 2 is 2.29 bits per heavy atom. The number of carbonyl (C=O) groups excluding carboxylic acids is 1. The maximum absolute atomic E-state index is 12.9. The molecule has 1 aliphatic carbocycles. The molecule has 0 saturated heterocycles. The average molecular weight is 304 g/mol. The molecule has 1 amide bonds. The first-order valence-corrected chi connectivity index (χ1v) is 8.15. The van der Waals surface area contributed by atoms with Crippen LogP contribution in [0, 0.1) is 6.92 Å². The van der Waals surface area contributed by atoms with Crippen LogP contribution in [0.3, 0.4) is 0 Å². The molecule has 2 aromatic heterocycles. The first-order valence-electron chi connectivity index (χ1n) is 7.33. The van der Waals surface area contributed by atoms with Crippen molar-refractivity contribution in [1.82, 2.24) is 19.4 Å². The zero-order valence-electron chi connectivity index (χ0n) is 12.7. The number of rotatable bonds is 5. The van der Waals surface area contributed by atoms with Crippen LogP contribution < -0.4 is 0 Å². The maximum Gasteiger partial charge on any atom is 0.266 e. The Labute approximate surface area is 128 Å². The number of nitrogens with zero attached hydrogens (tertiary/aromatic N) is 4. The fraction of sp³-hybridized carbons (Fsp3) is 0.533. The van der Waals surface area contributed by atoms with Gasteiger partial charge in [0.25, 0.3) is 5.91 Å². The molecule has 0 aliphatic heterocycles. The zero-order chi connectivity index (χ0) is 15.0. The predicted molar refractivity (Wildman–Crippen MR) is 82.3 cm³/mol. The fourth-order valence-electron chi connectivity index (χ4n) is 2.39. The molecule has 2 aromatic rings. The number of imidazole rings is 1. The lowest BCUT2D eigenvalue weighted by atomic mass is 10.3. The molecular weight excluding hydrogens is 284 g/mol. The third kappa shape index (κ3) is 2.85. The molecule has 1 fully saturated rings. The second-order valence-corrected chi connectivity index (χ2v) is 6.58. The lowest BCUT2D eigenvalue weighted by Crippen LogP contribution is -2.33. The van der Waals surface area contributed by atoms with E-state index in [4.69, 9.17) is 0 Å². The van der Waals surface area contributed by atoms with Gasteiger partial charge in [-0.15, -0.1) is 11.3 Å². The van der Waals surface area contributed by atoms with Crippen molar-refractivity contribution in [2.24, 2.45) is 7.05 Å². The second kappa shape index (κ2) is 5.60. The standard InChI is InChI=1S/C15H20N4OS/c1-4-13-17-10(2)14(21-13)15(20)19(11-5-6-11)9-12-16-7-8-18(12)3/h7-8,11H,4-6,9H2,1-3H3. The summed E-state index contributed by atoms with van der Waals surface area (Å²) in [6.45, 7) is 4.57. The van der Waals surface area contributed by atoms with Gasteiger partial charge >= 0.3 is 0 Å². The van der Waals surface area contributed by atoms with Crippen molar-refractivity contribution in [3.05, 3.63) is 33.8 Å². The molecule has 0 bridgehead atoms. The van der Waals surface area contributed by atoms with Crippen molar-refractivity contribution in [3.63, 3.8) is 0 Å². The SMILES string of the molecule is CCc1nc(C)c(C(=O)N(Cc2nccn2C)C2CC2)s1. The molecule has 3 rings (SSSR count). The average Bonchev–Trinajstić information content (AvgIpc) is 3.12. The van der Waals surface area contributed by atoms with Crippen LogP contribution in [0.5, 0.6) is 0 Å². The van der Waals surface area contributed by atoms with Crippen LogP contribution in [0.25, 0.3) is 0 Å². The fourth-order valence-corrected chi connectivity index (χ4v) is 3.35. The Bertz CT molecular complexity index is 656. The molecule has 1 saturated carbocycles. The first-order chi connectivity index (χ1) is 10.1. The molecule has 0 spiro atoms. The normalized spacial score (nSPS) is 14.4. The highest BCUT2D eigenvalue weighted by atomic mass is 32.1. The largest absolute Gasteiger partial charge is 0.337 e. The minimum Gasteiger partial charge on any atom is -0.337 e. The van der Waals surface area contributed by atoms with Gasteiger partial charge in [0, 0.05) is 25.5 Å². The van der Waals surface area contributed by atoms with Crippen LogP contribution in [0.2, 0.25) is 0 Å². The smallest absolute Gasteiger partial charge is 0.266 e. The van der Waals surface area contributed by atoms with Crippen molar-refractivity contribution >= 4 is 17.2 Å². The van der Waals surface area contributed by atoms with Crippen molar-refractivity contribution < 1.29 is 4.79 Å². The topological polar surface area (TPSA) is 51.0 Å². The van der Waals surface area contributed by atoms with Crippen LogP contribution in [0.1, 0.15) is 46.0 Å². The number of amides is 1. The van der Waals surface area contributed by atoms with Crippen LogP contribution in [0.4, 0.5) is 0 Å². The number of carbonyl (C=O) groups is 1. The van der Waals surface area contributed by atoms with Crippen molar-refractivity contribution in [2.45, 2.75) is 45.7 Å². The predicted octanol–water partition coefficient (Wildman–Crippen LogP) is 2.55. The van der Waals surface area contributed by atoms with Gasteiger partial charge in [-0.3, -0.25) is 4.79 Å². The maximum atomic E-state index is 12.9. The second-order valence-electron chi connectivity index (χ2n) is 5.49. The molecule has 0 unspecified atom stereocenters. The van der Waals surface area contributed by atoms with E-state index in [0.29, 0.717) is 12.6 Å². The Morgan fingerprint density at radius 3 is 2.81 bits per heavy atom. The third-order valence-electron chi connectivity index (χ3n) is 3.82. The highest BCUT2D eigenvalue weighted by Gasteiger charge is 2.35. The summed E-state index contributed by atoms with van der Waals surface area (Å²) in [6, 6.07) is 0.362. The number of hydrogen-bond acceptors (Lipinski definition) is 4. The van der Waals surface area contributed by atoms with Crippen LogP contribution in [-0.2, 0) is 20.0 Å². The van der Waals surface area contributed by atoms with E-state index in [-0.39, 0.29) is 5.91 Å². The number of hydrogen-bond donors (Lipinski definition) is 0. The minimum atomic E-state index is 0.107. The monoisotopic (exact) mass is 304 g/mol. The molecule has 21 heavy (non-hydrogen) atoms. The zero-order valence-corrected chi connectivity index (χ0v) is 13.5. The van der Waals surface area contributed by atoms with E-state index in [2.05, 4.69) is 16.9 Å². The molecule has 112 valence electrons. The van der Waals surface area contributed by atoms with E-state index < -0.39 is 0 Å². The molecule has 0 N–H and O–H groups in total. The summed E-state index contributed by atoms with van der Waals surface area (Å²) in [7, 11) is 1.96. The quantitative estimate of drug-likeness (QED) is 0.853. The van der Waals surface area contributed by atoms with E-state index in [1.807, 2.05) is 29.6 Å². The highest BCUT2D eigenvalue weighted by molar-refractivity contribution is 7.13. The summed E-state index contributed by atoms with van der Waals surface area (Å²) in [5, 5.41) is 1.03. The molecule has 5 nitrogen and oxygen atoms in total. The molecule has 0 radical (unpaired) electrons. The summed E-state index contributed by atoms with van der Waals surface area (Å²) >= 11 is 1.53. The number of aryl methyl sites for hydroxylation is 3. The minimum absolute atomic E-state index is 0.107. The molecule has 6 heteroatoms. The van der Waals surface area contributed by atoms with Crippen molar-refractivity contribution in [2.75, 3.05) is 0 Å². The molecular formula is C15H20N4OS. The van der Waals surface area contributed by atoms with Gasteiger partial charge in [0.05, 0.1) is 17.2 Å². The van der Waals surface area contributed by atoms with Gasteiger partial charge in [-0.2, -0.15) is 0 Å². The Hall–Kier alpha value is -1.69. The molecule has 1 aliphatic rings. The highest BCUT2D eigenvalue weighted by Crippen LogP contribution is 2.31. The summed E-state index contributed by atoms with van der Waals surface area (Å²) < 4.78 is 1.97. The van der Waals surface area contributed by atoms with Gasteiger partial charge in [0.1, 0.15) is 10.7 Å². The van der Waals surface area contributed by atoms with Gasteiger partial charge in [0.15, 0.2) is 0 Å². The lowest BCUT2D eigenvalue weighted by Gasteiger charge is -2.21. The van der Waals surface area contributed by atoms with E-state index >= 15 is 0 Å².